The molecule has 1 fully saturated rings. The van der Waals surface area contributed by atoms with E-state index < -0.39 is 6.04 Å². The lowest BCUT2D eigenvalue weighted by Crippen LogP contribution is -2.42. The largest absolute Gasteiger partial charge is 0.334 e. The van der Waals surface area contributed by atoms with E-state index in [9.17, 15) is 9.59 Å². The second kappa shape index (κ2) is 8.41. The van der Waals surface area contributed by atoms with Crippen molar-refractivity contribution in [2.24, 2.45) is 0 Å². The summed E-state index contributed by atoms with van der Waals surface area (Å²) in [7, 11) is 0. The van der Waals surface area contributed by atoms with Gasteiger partial charge in [0.1, 0.15) is 0 Å². The first-order valence-electron chi connectivity index (χ1n) is 9.22. The van der Waals surface area contributed by atoms with Crippen molar-refractivity contribution in [2.45, 2.75) is 12.1 Å². The number of hydrogen-bond donors (Lipinski definition) is 2. The molecule has 1 saturated heterocycles. The highest BCUT2D eigenvalue weighted by atomic mass is 79.9. The Kier molecular flexibility index (Phi) is 5.53. The van der Waals surface area contributed by atoms with Crippen molar-refractivity contribution in [3.63, 3.8) is 0 Å². The van der Waals surface area contributed by atoms with E-state index >= 15 is 0 Å². The Labute approximate surface area is 177 Å². The number of halogens is 1. The Morgan fingerprint density at radius 3 is 2.21 bits per heavy atom. The summed E-state index contributed by atoms with van der Waals surface area (Å²) < 4.78 is 2.74. The van der Waals surface area contributed by atoms with Gasteiger partial charge in [0, 0.05) is 21.2 Å². The van der Waals surface area contributed by atoms with Gasteiger partial charge < -0.3 is 5.32 Å². The molecule has 0 bridgehead atoms. The second-order valence-electron chi connectivity index (χ2n) is 6.74. The van der Waals surface area contributed by atoms with Crippen LogP contribution in [0.3, 0.4) is 0 Å². The molecule has 0 aliphatic carbocycles. The van der Waals surface area contributed by atoms with Gasteiger partial charge in [0.15, 0.2) is 6.04 Å². The van der Waals surface area contributed by atoms with Crippen molar-refractivity contribution in [3.8, 4) is 0 Å². The molecule has 0 aromatic heterocycles. The zero-order chi connectivity index (χ0) is 20.2. The Hall–Kier alpha value is -3.25. The highest BCUT2D eigenvalue weighted by molar-refractivity contribution is 9.10. The molecule has 0 saturated carbocycles. The first kappa shape index (κ1) is 19.1. The summed E-state index contributed by atoms with van der Waals surface area (Å²) in [6.07, 6.45) is 1.87. The Balaban J connectivity index is 1.69. The van der Waals surface area contributed by atoms with Crippen molar-refractivity contribution < 1.29 is 14.3 Å². The van der Waals surface area contributed by atoms with Gasteiger partial charge in [-0.25, -0.2) is 0 Å². The van der Waals surface area contributed by atoms with Gasteiger partial charge in [-0.15, -0.1) is 10.1 Å². The van der Waals surface area contributed by atoms with Crippen LogP contribution in [0.15, 0.2) is 89.4 Å². The SMILES string of the molecule is O=C(N[C@H]1C(=O)N/[N+](=C\c2ccc(Br)cc2)[C@@H]1c1ccccc1)c1ccccc1. The van der Waals surface area contributed by atoms with Gasteiger partial charge in [-0.05, 0) is 36.4 Å². The van der Waals surface area contributed by atoms with Crippen LogP contribution in [0, 0.1) is 0 Å². The molecule has 1 heterocycles. The quantitative estimate of drug-likeness (QED) is 0.600. The second-order valence-corrected chi connectivity index (χ2v) is 7.65. The summed E-state index contributed by atoms with van der Waals surface area (Å²) in [6, 6.07) is 25.3. The van der Waals surface area contributed by atoms with Gasteiger partial charge in [-0.2, -0.15) is 0 Å². The lowest BCUT2D eigenvalue weighted by Gasteiger charge is -2.14. The number of benzene rings is 3. The molecule has 29 heavy (non-hydrogen) atoms. The lowest BCUT2D eigenvalue weighted by molar-refractivity contribution is -0.596. The van der Waals surface area contributed by atoms with E-state index in [0.29, 0.717) is 5.56 Å². The van der Waals surface area contributed by atoms with Crippen LogP contribution in [-0.2, 0) is 4.79 Å². The third-order valence-corrected chi connectivity index (χ3v) is 5.29. The van der Waals surface area contributed by atoms with Gasteiger partial charge >= 0.3 is 5.91 Å². The maximum Gasteiger partial charge on any atom is 0.304 e. The highest BCUT2D eigenvalue weighted by Gasteiger charge is 2.47. The Morgan fingerprint density at radius 2 is 1.55 bits per heavy atom. The van der Waals surface area contributed by atoms with Crippen molar-refractivity contribution >= 4 is 34.0 Å². The molecule has 0 spiro atoms. The normalized spacial score (nSPS) is 19.8. The molecule has 6 heteroatoms. The highest BCUT2D eigenvalue weighted by Crippen LogP contribution is 2.25. The van der Waals surface area contributed by atoms with Crippen molar-refractivity contribution in [3.05, 3.63) is 106 Å². The molecule has 1 aliphatic rings. The molecule has 0 unspecified atom stereocenters. The predicted octanol–water partition coefficient (Wildman–Crippen LogP) is 3.47. The molecule has 5 nitrogen and oxygen atoms in total. The van der Waals surface area contributed by atoms with E-state index in [2.05, 4.69) is 26.7 Å². The molecule has 144 valence electrons. The Bertz CT molecular complexity index is 1050. The number of carbonyl (C=O) groups excluding carboxylic acids is 2. The predicted molar refractivity (Wildman–Crippen MR) is 115 cm³/mol. The molecular weight excluding hydrogens is 430 g/mol. The van der Waals surface area contributed by atoms with Crippen LogP contribution in [-0.4, -0.2) is 28.8 Å². The third kappa shape index (κ3) is 4.27. The van der Waals surface area contributed by atoms with Crippen LogP contribution < -0.4 is 10.7 Å². The van der Waals surface area contributed by atoms with Gasteiger partial charge in [-0.3, -0.25) is 9.59 Å². The number of hydrazine groups is 1. The molecule has 3 aromatic rings. The molecule has 0 radical (unpaired) electrons. The number of carbonyl (C=O) groups is 2. The summed E-state index contributed by atoms with van der Waals surface area (Å²) in [6.45, 7) is 0. The standard InChI is InChI=1S/C23H18BrN3O2/c24-19-13-11-16(12-14-19)15-27-21(17-7-3-1-4-8-17)20(23(29)26-27)25-22(28)18-9-5-2-6-10-18/h1-15,20-21H,(H-,25,26,28,29)/p+1/b27-15-/t20-,21-/m1/s1. The fraction of sp³-hybridized carbons (Fsp3) is 0.0870. The lowest BCUT2D eigenvalue weighted by atomic mass is 10.00. The fourth-order valence-electron chi connectivity index (χ4n) is 3.35. The van der Waals surface area contributed by atoms with E-state index in [1.54, 1.807) is 28.9 Å². The van der Waals surface area contributed by atoms with E-state index in [-0.39, 0.29) is 17.9 Å². The third-order valence-electron chi connectivity index (χ3n) is 4.76. The van der Waals surface area contributed by atoms with Gasteiger partial charge in [-0.1, -0.05) is 64.5 Å². The smallest absolute Gasteiger partial charge is 0.304 e. The van der Waals surface area contributed by atoms with E-state index in [1.165, 1.54) is 0 Å². The molecule has 2 N–H and O–H groups in total. The number of rotatable bonds is 4. The van der Waals surface area contributed by atoms with Crippen LogP contribution in [0.2, 0.25) is 0 Å². The minimum Gasteiger partial charge on any atom is -0.334 e. The van der Waals surface area contributed by atoms with E-state index in [1.807, 2.05) is 66.9 Å². The molecule has 2 atom stereocenters. The zero-order valence-electron chi connectivity index (χ0n) is 15.5. The fourth-order valence-corrected chi connectivity index (χ4v) is 3.62. The molecule has 2 amide bonds. The maximum absolute atomic E-state index is 12.8. The Morgan fingerprint density at radius 1 is 0.931 bits per heavy atom. The number of amides is 2. The summed E-state index contributed by atoms with van der Waals surface area (Å²) in [5.41, 5.74) is 5.26. The molecule has 1 aliphatic heterocycles. The molecular formula is C23H19BrN3O2+. The maximum atomic E-state index is 12.8. The summed E-state index contributed by atoms with van der Waals surface area (Å²) in [5.74, 6) is -0.534. The first-order chi connectivity index (χ1) is 14.1. The number of nitrogens with zero attached hydrogens (tertiary/aromatic N) is 1. The van der Waals surface area contributed by atoms with Crippen molar-refractivity contribution in [1.82, 2.24) is 10.7 Å². The van der Waals surface area contributed by atoms with Crippen LogP contribution in [0.5, 0.6) is 0 Å². The summed E-state index contributed by atoms with van der Waals surface area (Å²) >= 11 is 3.43. The van der Waals surface area contributed by atoms with Crippen LogP contribution >= 0.6 is 15.9 Å². The van der Waals surface area contributed by atoms with E-state index in [0.717, 1.165) is 15.6 Å². The first-order valence-corrected chi connectivity index (χ1v) is 10.0. The molecule has 4 rings (SSSR count). The minimum absolute atomic E-state index is 0.253. The van der Waals surface area contributed by atoms with Crippen LogP contribution in [0.4, 0.5) is 0 Å². The van der Waals surface area contributed by atoms with Crippen molar-refractivity contribution in [1.29, 1.82) is 0 Å². The average Bonchev–Trinajstić information content (AvgIpc) is 3.05. The number of hydrazone groups is 1. The van der Waals surface area contributed by atoms with Crippen LogP contribution in [0.25, 0.3) is 0 Å². The topological polar surface area (TPSA) is 61.2 Å². The van der Waals surface area contributed by atoms with Gasteiger partial charge in [0.2, 0.25) is 12.3 Å². The van der Waals surface area contributed by atoms with Crippen molar-refractivity contribution in [2.75, 3.05) is 0 Å². The summed E-state index contributed by atoms with van der Waals surface area (Å²) in [4.78, 5) is 25.5. The number of hydrogen-bond acceptors (Lipinski definition) is 2. The monoisotopic (exact) mass is 448 g/mol. The van der Waals surface area contributed by atoms with E-state index in [4.69, 9.17) is 0 Å². The molecule has 3 aromatic carbocycles. The van der Waals surface area contributed by atoms with Gasteiger partial charge in [0.05, 0.1) is 0 Å². The van der Waals surface area contributed by atoms with Gasteiger partial charge in [0.25, 0.3) is 5.91 Å². The summed E-state index contributed by atoms with van der Waals surface area (Å²) in [5, 5.41) is 2.90. The van der Waals surface area contributed by atoms with Crippen LogP contribution in [0.1, 0.15) is 27.5 Å². The number of nitrogens with one attached hydrogen (secondary N) is 2. The minimum atomic E-state index is -0.725. The zero-order valence-corrected chi connectivity index (χ0v) is 17.0. The average molecular weight is 449 g/mol.